The summed E-state index contributed by atoms with van der Waals surface area (Å²) in [5, 5.41) is 4.26. The molecule has 0 radical (unpaired) electrons. The van der Waals surface area contributed by atoms with Crippen molar-refractivity contribution in [3.05, 3.63) is 177 Å². The Morgan fingerprint density at radius 1 is 0.540 bits per heavy atom. The number of nitrogens with one attached hydrogen (secondary N) is 1. The van der Waals surface area contributed by atoms with Gasteiger partial charge < -0.3 is 5.32 Å². The Labute approximate surface area is 305 Å². The average Bonchev–Trinajstić information content (AvgIpc) is 3.16. The normalized spacial score (nSPS) is 12.0. The van der Waals surface area contributed by atoms with E-state index in [1.165, 1.54) is 0 Å². The molecule has 0 amide bonds. The van der Waals surface area contributed by atoms with E-state index in [4.69, 9.17) is 23.2 Å². The monoisotopic (exact) mass is 703 g/mol. The fraction of sp³-hybridized carbons (Fsp3) is 0.250. The predicted octanol–water partition coefficient (Wildman–Crippen LogP) is 9.82. The van der Waals surface area contributed by atoms with Crippen LogP contribution in [0.3, 0.4) is 0 Å². The lowest BCUT2D eigenvalue weighted by molar-refractivity contribution is -0.123. The molecule has 6 heteroatoms. The third kappa shape index (κ3) is 10.1. The number of hydrogen-bond donors (Lipinski definition) is 1. The van der Waals surface area contributed by atoms with E-state index < -0.39 is 11.5 Å². The van der Waals surface area contributed by atoms with Crippen LogP contribution in [0.4, 0.5) is 0 Å². The average molecular weight is 705 g/mol. The van der Waals surface area contributed by atoms with Crippen LogP contribution in [0.25, 0.3) is 0 Å². The molecule has 1 atom stereocenters. The van der Waals surface area contributed by atoms with Crippen LogP contribution >= 0.6 is 23.2 Å². The number of carbonyl (C=O) groups excluding carboxylic acids is 3. The first kappa shape index (κ1) is 36.9. The molecule has 0 spiro atoms. The topological polar surface area (TPSA) is 63.2 Å². The third-order valence-corrected chi connectivity index (χ3v) is 10.1. The molecule has 0 heterocycles. The van der Waals surface area contributed by atoms with E-state index in [1.54, 1.807) is 12.1 Å². The van der Waals surface area contributed by atoms with E-state index in [9.17, 15) is 14.4 Å². The number of aryl methyl sites for hydroxylation is 2. The van der Waals surface area contributed by atoms with Crippen LogP contribution in [0.1, 0.15) is 66.3 Å². The van der Waals surface area contributed by atoms with Crippen LogP contribution in [-0.2, 0) is 32.6 Å². The summed E-state index contributed by atoms with van der Waals surface area (Å²) in [5.41, 5.74) is 4.44. The second kappa shape index (κ2) is 18.6. The molecule has 0 saturated carbocycles. The van der Waals surface area contributed by atoms with Crippen molar-refractivity contribution >= 4 is 40.6 Å². The molecule has 0 fully saturated rings. The van der Waals surface area contributed by atoms with Crippen LogP contribution in [0.5, 0.6) is 0 Å². The first-order valence-corrected chi connectivity index (χ1v) is 18.0. The van der Waals surface area contributed by atoms with E-state index >= 15 is 0 Å². The maximum absolute atomic E-state index is 14.1. The minimum absolute atomic E-state index is 0.000971. The molecule has 0 aliphatic heterocycles. The van der Waals surface area contributed by atoms with Crippen LogP contribution < -0.4 is 5.32 Å². The smallest absolute Gasteiger partial charge is 0.150 e. The van der Waals surface area contributed by atoms with Gasteiger partial charge in [-0.25, -0.2) is 0 Å². The lowest BCUT2D eigenvalue weighted by Crippen LogP contribution is -2.39. The Bertz CT molecular complexity index is 1730. The molecule has 4 nitrogen and oxygen atoms in total. The lowest BCUT2D eigenvalue weighted by atomic mass is 9.66. The summed E-state index contributed by atoms with van der Waals surface area (Å²) >= 11 is 12.3. The minimum Gasteiger partial charge on any atom is -0.307 e. The first-order chi connectivity index (χ1) is 24.3. The van der Waals surface area contributed by atoms with Gasteiger partial charge in [0.1, 0.15) is 17.3 Å². The Hall–Kier alpha value is -4.35. The van der Waals surface area contributed by atoms with Crippen molar-refractivity contribution in [3.63, 3.8) is 0 Å². The van der Waals surface area contributed by atoms with E-state index in [-0.39, 0.29) is 36.6 Å². The molecule has 0 bridgehead atoms. The molecular weight excluding hydrogens is 661 g/mol. The van der Waals surface area contributed by atoms with Gasteiger partial charge in [0.2, 0.25) is 0 Å². The third-order valence-electron chi connectivity index (χ3n) is 9.34. The number of benzene rings is 5. The van der Waals surface area contributed by atoms with Gasteiger partial charge in [-0.1, -0.05) is 151 Å². The molecule has 5 aromatic carbocycles. The van der Waals surface area contributed by atoms with Crippen LogP contribution in [-0.4, -0.2) is 29.9 Å². The number of Topliss-reactive ketones (excluding diaryl/α,β-unsaturated/α-hetero) is 3. The highest BCUT2D eigenvalue weighted by molar-refractivity contribution is 6.42. The van der Waals surface area contributed by atoms with Gasteiger partial charge in [0.15, 0.2) is 0 Å². The van der Waals surface area contributed by atoms with Gasteiger partial charge in [0.25, 0.3) is 0 Å². The van der Waals surface area contributed by atoms with Crippen molar-refractivity contribution in [2.24, 2.45) is 0 Å². The van der Waals surface area contributed by atoms with E-state index in [0.29, 0.717) is 48.7 Å². The lowest BCUT2D eigenvalue weighted by Gasteiger charge is -2.35. The molecule has 0 aromatic heterocycles. The molecule has 256 valence electrons. The minimum atomic E-state index is -0.702. The van der Waals surface area contributed by atoms with Crippen molar-refractivity contribution in [2.75, 3.05) is 6.54 Å². The van der Waals surface area contributed by atoms with Crippen molar-refractivity contribution in [1.82, 2.24) is 5.32 Å². The largest absolute Gasteiger partial charge is 0.307 e. The van der Waals surface area contributed by atoms with E-state index in [1.807, 2.05) is 91.0 Å². The van der Waals surface area contributed by atoms with Crippen LogP contribution in [0.2, 0.25) is 10.0 Å². The summed E-state index contributed by atoms with van der Waals surface area (Å²) in [5.74, 6) is 0.198. The summed E-state index contributed by atoms with van der Waals surface area (Å²) in [4.78, 5) is 40.6. The molecule has 0 unspecified atom stereocenters. The second-order valence-corrected chi connectivity index (χ2v) is 13.6. The SMILES string of the molecule is O=C(CCN[C@H](CCC(=O)CC(c1ccccc1)(c1ccccc1)c1ccccc1)C(=O)CCc1ccc(Cl)c(Cl)c1)CCc1ccccc1. The fourth-order valence-corrected chi connectivity index (χ4v) is 6.94. The fourth-order valence-electron chi connectivity index (χ4n) is 6.62. The number of rotatable bonds is 19. The number of ketones is 3. The van der Waals surface area contributed by atoms with E-state index in [0.717, 1.165) is 27.8 Å². The van der Waals surface area contributed by atoms with Gasteiger partial charge >= 0.3 is 0 Å². The molecule has 1 N–H and O–H groups in total. The number of hydrogen-bond acceptors (Lipinski definition) is 4. The van der Waals surface area contributed by atoms with Gasteiger partial charge in [0.05, 0.1) is 21.5 Å². The Morgan fingerprint density at radius 2 is 1.06 bits per heavy atom. The number of carbonyl (C=O) groups is 3. The molecule has 5 rings (SSSR count). The summed E-state index contributed by atoms with van der Waals surface area (Å²) in [6.07, 6.45) is 3.01. The maximum atomic E-state index is 14.1. The standard InChI is InChI=1S/C44H43Cl2NO3/c45-40-26-22-34(31-41(40)46)23-28-43(50)42(47-30-29-38(48)24-21-33-13-5-1-6-14-33)27-25-39(49)32-44(35-15-7-2-8-16-35,36-17-9-3-10-18-36)37-19-11-4-12-20-37/h1-20,22,26,31,42,47H,21,23-25,27-30,32H2/t42-/m1/s1. The van der Waals surface area contributed by atoms with Crippen molar-refractivity contribution in [3.8, 4) is 0 Å². The van der Waals surface area contributed by atoms with Crippen LogP contribution in [0, 0.1) is 0 Å². The zero-order valence-corrected chi connectivity index (χ0v) is 29.7. The van der Waals surface area contributed by atoms with Gasteiger partial charge in [-0.15, -0.1) is 0 Å². The van der Waals surface area contributed by atoms with Crippen molar-refractivity contribution in [2.45, 2.75) is 62.8 Å². The molecule has 5 aromatic rings. The first-order valence-electron chi connectivity index (χ1n) is 17.3. The highest BCUT2D eigenvalue weighted by atomic mass is 35.5. The van der Waals surface area contributed by atoms with Crippen molar-refractivity contribution < 1.29 is 14.4 Å². The van der Waals surface area contributed by atoms with Gasteiger partial charge in [-0.3, -0.25) is 14.4 Å². The summed E-state index contributed by atoms with van der Waals surface area (Å²) in [6.45, 7) is 0.368. The zero-order valence-electron chi connectivity index (χ0n) is 28.2. The van der Waals surface area contributed by atoms with Gasteiger partial charge in [-0.05, 0) is 59.2 Å². The highest BCUT2D eigenvalue weighted by Gasteiger charge is 2.38. The summed E-state index contributed by atoms with van der Waals surface area (Å²) < 4.78 is 0. The number of halogens is 2. The quantitative estimate of drug-likeness (QED) is 0.0870. The molecule has 0 aliphatic carbocycles. The zero-order chi connectivity index (χ0) is 35.2. The van der Waals surface area contributed by atoms with Crippen molar-refractivity contribution in [1.29, 1.82) is 0 Å². The Balaban J connectivity index is 1.30. The highest BCUT2D eigenvalue weighted by Crippen LogP contribution is 2.42. The molecule has 0 aliphatic rings. The van der Waals surface area contributed by atoms with Gasteiger partial charge in [0, 0.05) is 38.6 Å². The summed E-state index contributed by atoms with van der Waals surface area (Å²) in [6, 6.07) is 45.3. The summed E-state index contributed by atoms with van der Waals surface area (Å²) in [7, 11) is 0. The predicted molar refractivity (Wildman–Crippen MR) is 204 cm³/mol. The second-order valence-electron chi connectivity index (χ2n) is 12.8. The Kier molecular flexibility index (Phi) is 13.7. The van der Waals surface area contributed by atoms with Crippen LogP contribution in [0.15, 0.2) is 140 Å². The molecule has 0 saturated heterocycles. The molecule has 50 heavy (non-hydrogen) atoms. The maximum Gasteiger partial charge on any atom is 0.150 e. The van der Waals surface area contributed by atoms with E-state index in [2.05, 4.69) is 41.7 Å². The van der Waals surface area contributed by atoms with Gasteiger partial charge in [-0.2, -0.15) is 0 Å². The molecular formula is C44H43Cl2NO3. The Morgan fingerprint density at radius 3 is 1.60 bits per heavy atom.